The largest absolute Gasteiger partial charge is 0.480 e. The zero-order valence-corrected chi connectivity index (χ0v) is 25.3. The van der Waals surface area contributed by atoms with Crippen molar-refractivity contribution < 1.29 is 37.5 Å². The quantitative estimate of drug-likeness (QED) is 0.328. The first-order valence-electron chi connectivity index (χ1n) is 12.7. The third-order valence-corrected chi connectivity index (χ3v) is 8.96. The summed E-state index contributed by atoms with van der Waals surface area (Å²) in [6, 6.07) is 2.76. The maximum atomic E-state index is 13.3. The van der Waals surface area contributed by atoms with E-state index in [1.54, 1.807) is 44.2 Å². The molecule has 3 heterocycles. The number of fused-ring (bicyclic) bond motifs is 1. The monoisotopic (exact) mass is 612 g/mol. The Morgan fingerprint density at radius 3 is 2.17 bits per heavy atom. The maximum absolute atomic E-state index is 13.3. The number of sulfonamides is 1. The summed E-state index contributed by atoms with van der Waals surface area (Å²) in [6.07, 6.45) is 0.850. The number of carboxylic acid groups (broad SMARTS) is 1. The highest BCUT2D eigenvalue weighted by molar-refractivity contribution is 8.01. The van der Waals surface area contributed by atoms with Gasteiger partial charge in [0.05, 0.1) is 19.3 Å². The summed E-state index contributed by atoms with van der Waals surface area (Å²) in [7, 11) is -3.87. The smallest absolute Gasteiger partial charge is 0.341 e. The van der Waals surface area contributed by atoms with Crippen molar-refractivity contribution >= 4 is 51.6 Å². The van der Waals surface area contributed by atoms with Crippen molar-refractivity contribution in [3.63, 3.8) is 0 Å². The summed E-state index contributed by atoms with van der Waals surface area (Å²) in [6.45, 7) is 8.91. The van der Waals surface area contributed by atoms with Gasteiger partial charge in [-0.2, -0.15) is 0 Å². The van der Waals surface area contributed by atoms with Gasteiger partial charge in [-0.25, -0.2) is 32.0 Å². The number of imide groups is 1. The van der Waals surface area contributed by atoms with Crippen LogP contribution < -0.4 is 16.4 Å². The Morgan fingerprint density at radius 2 is 1.68 bits per heavy atom. The number of nitrogens with one attached hydrogen (secondary N) is 2. The zero-order chi connectivity index (χ0) is 31.1. The summed E-state index contributed by atoms with van der Waals surface area (Å²) in [4.78, 5) is 65.0. The Bertz CT molecular complexity index is 1330. The summed E-state index contributed by atoms with van der Waals surface area (Å²) >= 11 is 1.26. The fraction of sp³-hybridized carbons (Fsp3) is 0.560. The number of hydrogen-bond acceptors (Lipinski definition) is 9. The molecule has 3 aliphatic rings. The van der Waals surface area contributed by atoms with Crippen LogP contribution in [-0.4, -0.2) is 105 Å². The Hall–Kier alpha value is -3.37. The van der Waals surface area contributed by atoms with Gasteiger partial charge in [0.15, 0.2) is 0 Å². The second kappa shape index (κ2) is 11.5. The van der Waals surface area contributed by atoms with Crippen molar-refractivity contribution in [1.29, 1.82) is 0 Å². The minimum atomic E-state index is -3.87. The summed E-state index contributed by atoms with van der Waals surface area (Å²) in [5.41, 5.74) is 5.72. The lowest BCUT2D eigenvalue weighted by atomic mass is 9.95. The summed E-state index contributed by atoms with van der Waals surface area (Å²) in [5.74, 6) is -2.42. The van der Waals surface area contributed by atoms with Crippen LogP contribution in [-0.2, 0) is 24.4 Å². The second-order valence-corrected chi connectivity index (χ2v) is 15.2. The normalized spacial score (nSPS) is 24.1. The molecule has 1 aromatic rings. The minimum absolute atomic E-state index is 0. The van der Waals surface area contributed by atoms with E-state index in [0.29, 0.717) is 14.8 Å². The molecule has 0 aliphatic carbocycles. The lowest BCUT2D eigenvalue weighted by Crippen LogP contribution is -2.71. The van der Waals surface area contributed by atoms with Crippen molar-refractivity contribution in [2.45, 2.75) is 68.4 Å². The Balaban J connectivity index is 0.000000850. The molecule has 3 saturated heterocycles. The molecule has 4 rings (SSSR count). The average Bonchev–Trinajstić information content (AvgIpc) is 3.35. The molecule has 0 saturated carbocycles. The van der Waals surface area contributed by atoms with Gasteiger partial charge in [0, 0.05) is 10.3 Å². The highest BCUT2D eigenvalue weighted by atomic mass is 32.2. The Labute approximate surface area is 243 Å². The summed E-state index contributed by atoms with van der Waals surface area (Å²) in [5, 5.41) is 14.0. The molecule has 16 heteroatoms. The van der Waals surface area contributed by atoms with Crippen LogP contribution in [0.5, 0.6) is 0 Å². The number of thioether (sulfide) groups is 1. The molecule has 3 fully saturated rings. The van der Waals surface area contributed by atoms with E-state index in [9.17, 15) is 37.5 Å². The number of carboxylic acids is 1. The highest BCUT2D eigenvalue weighted by Crippen LogP contribution is 2.50. The van der Waals surface area contributed by atoms with Gasteiger partial charge in [-0.3, -0.25) is 9.59 Å². The van der Waals surface area contributed by atoms with Crippen molar-refractivity contribution in [3.05, 3.63) is 35.9 Å². The van der Waals surface area contributed by atoms with Crippen LogP contribution in [0.4, 0.5) is 9.59 Å². The van der Waals surface area contributed by atoms with Crippen LogP contribution in [0.1, 0.15) is 46.2 Å². The Kier molecular flexibility index (Phi) is 9.01. The Morgan fingerprint density at radius 1 is 1.12 bits per heavy atom. The number of urea groups is 2. The van der Waals surface area contributed by atoms with Gasteiger partial charge in [0.1, 0.15) is 23.5 Å². The van der Waals surface area contributed by atoms with Crippen molar-refractivity contribution in [3.8, 4) is 0 Å². The number of benzene rings is 1. The van der Waals surface area contributed by atoms with Crippen molar-refractivity contribution in [2.75, 3.05) is 19.3 Å². The number of rotatable bonds is 6. The SMILES string of the molecule is CC(C)(C)N.CC1(C)S[C@@H]2[C@H](NC(=O)C(NC(=O)N3CCN(S(C)(=O)=O)C3=O)c3ccccc3)C(=O)N2[C@H]1C(=O)O. The maximum Gasteiger partial charge on any atom is 0.341 e. The molecule has 14 nitrogen and oxygen atoms in total. The number of carbonyl (C=O) groups is 5. The second-order valence-electron chi connectivity index (χ2n) is 11.5. The van der Waals surface area contributed by atoms with Crippen LogP contribution in [0, 0.1) is 0 Å². The number of nitrogens with two attached hydrogens (primary N) is 1. The third kappa shape index (κ3) is 7.11. The molecular formula is C25H36N6O8S2. The first kappa shape index (κ1) is 32.1. The van der Waals surface area contributed by atoms with Crippen molar-refractivity contribution in [1.82, 2.24) is 24.7 Å². The molecule has 41 heavy (non-hydrogen) atoms. The van der Waals surface area contributed by atoms with Gasteiger partial charge < -0.3 is 26.4 Å². The fourth-order valence-electron chi connectivity index (χ4n) is 4.54. The number of nitrogens with zero attached hydrogens (tertiary/aromatic N) is 3. The fourth-order valence-corrected chi connectivity index (χ4v) is 6.96. The number of aliphatic carboxylic acids is 1. The van der Waals surface area contributed by atoms with E-state index in [2.05, 4.69) is 10.6 Å². The minimum Gasteiger partial charge on any atom is -0.480 e. The van der Waals surface area contributed by atoms with Gasteiger partial charge in [-0.05, 0) is 40.2 Å². The molecule has 0 spiro atoms. The molecule has 1 aromatic carbocycles. The molecule has 226 valence electrons. The standard InChI is InChI=1S/C21H25N5O8S2.C4H11N/c1-21(2)14(18(29)30)26-16(28)13(17(26)35-21)22-15(27)12(11-7-5-4-6-8-11)23-19(31)24-9-10-25(20(24)32)36(3,33)34;1-4(2,3)5/h4-8,12-14,17H,9-10H2,1-3H3,(H,22,27)(H,23,31)(H,29,30);5H2,1-3H3/t12?,13-,14+,17-;/m1./s1. The van der Waals surface area contributed by atoms with Gasteiger partial charge in [0.2, 0.25) is 21.8 Å². The number of β-lactam (4-membered cyclic amide) rings is 1. The zero-order valence-electron chi connectivity index (χ0n) is 23.7. The molecule has 3 aliphatic heterocycles. The van der Waals surface area contributed by atoms with Gasteiger partial charge in [-0.1, -0.05) is 30.3 Å². The lowest BCUT2D eigenvalue weighted by Gasteiger charge is -2.44. The van der Waals surface area contributed by atoms with Gasteiger partial charge >= 0.3 is 18.0 Å². The van der Waals surface area contributed by atoms with E-state index >= 15 is 0 Å². The molecular weight excluding hydrogens is 576 g/mol. The summed E-state index contributed by atoms with van der Waals surface area (Å²) < 4.78 is 23.3. The lowest BCUT2D eigenvalue weighted by molar-refractivity contribution is -0.161. The van der Waals surface area contributed by atoms with E-state index in [0.717, 1.165) is 6.26 Å². The molecule has 4 atom stereocenters. The molecule has 1 unspecified atom stereocenters. The third-order valence-electron chi connectivity index (χ3n) is 6.25. The number of hydrogen-bond donors (Lipinski definition) is 4. The predicted octanol–water partition coefficient (Wildman–Crippen LogP) is 0.510. The van der Waals surface area contributed by atoms with Crippen LogP contribution in [0.2, 0.25) is 0 Å². The molecule has 0 bridgehead atoms. The average molecular weight is 613 g/mol. The predicted molar refractivity (Wildman–Crippen MR) is 151 cm³/mol. The molecule has 0 radical (unpaired) electrons. The van der Waals surface area contributed by atoms with E-state index < -0.39 is 68.1 Å². The topological polar surface area (TPSA) is 200 Å². The van der Waals surface area contributed by atoms with Gasteiger partial charge in [-0.15, -0.1) is 11.8 Å². The molecule has 6 amide bonds. The van der Waals surface area contributed by atoms with Crippen LogP contribution in [0.25, 0.3) is 0 Å². The van der Waals surface area contributed by atoms with Crippen LogP contribution in [0.15, 0.2) is 30.3 Å². The van der Waals surface area contributed by atoms with E-state index in [-0.39, 0.29) is 18.6 Å². The highest BCUT2D eigenvalue weighted by Gasteiger charge is 2.64. The van der Waals surface area contributed by atoms with Crippen molar-refractivity contribution in [2.24, 2.45) is 5.73 Å². The van der Waals surface area contributed by atoms with Crippen LogP contribution in [0.3, 0.4) is 0 Å². The van der Waals surface area contributed by atoms with E-state index in [1.165, 1.54) is 16.7 Å². The van der Waals surface area contributed by atoms with E-state index in [4.69, 9.17) is 5.73 Å². The number of carbonyl (C=O) groups excluding carboxylic acids is 4. The first-order valence-corrected chi connectivity index (χ1v) is 15.4. The van der Waals surface area contributed by atoms with E-state index in [1.807, 2.05) is 20.8 Å². The first-order chi connectivity index (χ1) is 18.7. The molecule has 5 N–H and O–H groups in total. The number of amides is 6. The van der Waals surface area contributed by atoms with Crippen LogP contribution >= 0.6 is 11.8 Å². The molecule has 0 aromatic heterocycles. The van der Waals surface area contributed by atoms with Gasteiger partial charge in [0.25, 0.3) is 0 Å².